The molecule has 0 amide bonds. The zero-order chi connectivity index (χ0) is 21.6. The van der Waals surface area contributed by atoms with Crippen LogP contribution in [0.2, 0.25) is 0 Å². The molecule has 0 aliphatic heterocycles. The average Bonchev–Trinajstić information content (AvgIpc) is 3.53. The lowest BCUT2D eigenvalue weighted by atomic mass is 10.2. The van der Waals surface area contributed by atoms with Crippen molar-refractivity contribution in [2.75, 3.05) is 0 Å². The Balaban J connectivity index is 1.13. The van der Waals surface area contributed by atoms with Crippen LogP contribution in [0.15, 0.2) is 92.6 Å². The predicted octanol–water partition coefficient (Wildman–Crippen LogP) is 5.16. The number of hydrogen-bond donors (Lipinski definition) is 0. The van der Waals surface area contributed by atoms with E-state index in [4.69, 9.17) is 8.83 Å². The van der Waals surface area contributed by atoms with Crippen molar-refractivity contribution in [1.29, 1.82) is 0 Å². The Morgan fingerprint density at radius 1 is 0.531 bits per heavy atom. The summed E-state index contributed by atoms with van der Waals surface area (Å²) < 4.78 is 11.4. The second kappa shape index (κ2) is 9.75. The highest BCUT2D eigenvalue weighted by atomic mass is 32.2. The molecule has 4 heterocycles. The number of hydrogen-bond acceptors (Lipinski definition) is 10. The predicted molar refractivity (Wildman–Crippen MR) is 121 cm³/mol. The summed E-state index contributed by atoms with van der Waals surface area (Å²) in [6.07, 6.45) is 6.80. The van der Waals surface area contributed by atoms with E-state index in [1.54, 1.807) is 24.8 Å². The van der Waals surface area contributed by atoms with Gasteiger partial charge in [-0.05, 0) is 35.4 Å². The van der Waals surface area contributed by atoms with Gasteiger partial charge in [-0.25, -0.2) is 0 Å². The van der Waals surface area contributed by atoms with Gasteiger partial charge >= 0.3 is 0 Å². The monoisotopic (exact) mass is 460 g/mol. The molecule has 0 aliphatic carbocycles. The summed E-state index contributed by atoms with van der Waals surface area (Å²) in [5.74, 6) is 2.47. The van der Waals surface area contributed by atoms with Gasteiger partial charge in [0.2, 0.25) is 11.8 Å². The SMILES string of the molecule is c1cc(-c2nnc(SCc3ccc(CSc4nnc(-c5ccncc5)o4)cc3)o2)ccn1. The zero-order valence-corrected chi connectivity index (χ0v) is 18.3. The Bertz CT molecular complexity index is 1180. The van der Waals surface area contributed by atoms with Gasteiger partial charge in [-0.1, -0.05) is 47.8 Å². The van der Waals surface area contributed by atoms with Crippen LogP contribution >= 0.6 is 23.5 Å². The minimum Gasteiger partial charge on any atom is -0.411 e. The van der Waals surface area contributed by atoms with Crippen molar-refractivity contribution in [1.82, 2.24) is 30.4 Å². The third kappa shape index (κ3) is 5.04. The second-order valence-electron chi connectivity index (χ2n) is 6.61. The molecule has 0 atom stereocenters. The lowest BCUT2D eigenvalue weighted by Gasteiger charge is -2.02. The Labute approximate surface area is 191 Å². The van der Waals surface area contributed by atoms with Crippen molar-refractivity contribution in [2.45, 2.75) is 22.0 Å². The molecule has 0 fully saturated rings. The number of thioether (sulfide) groups is 2. The van der Waals surface area contributed by atoms with Crippen LogP contribution in [0.25, 0.3) is 22.9 Å². The molecular weight excluding hydrogens is 444 g/mol. The van der Waals surface area contributed by atoms with E-state index in [1.807, 2.05) is 24.3 Å². The van der Waals surface area contributed by atoms with Crippen LogP contribution in [0.3, 0.4) is 0 Å². The van der Waals surface area contributed by atoms with E-state index in [-0.39, 0.29) is 0 Å². The van der Waals surface area contributed by atoms with E-state index < -0.39 is 0 Å². The quantitative estimate of drug-likeness (QED) is 0.288. The summed E-state index contributed by atoms with van der Waals surface area (Å²) in [6, 6.07) is 15.7. The highest BCUT2D eigenvalue weighted by Crippen LogP contribution is 2.27. The normalized spacial score (nSPS) is 11.0. The Hall–Kier alpha value is -3.50. The molecule has 0 bridgehead atoms. The molecule has 0 radical (unpaired) electrons. The number of aromatic nitrogens is 6. The summed E-state index contributed by atoms with van der Waals surface area (Å²) >= 11 is 3.01. The first kappa shape index (κ1) is 20.4. The molecule has 8 nitrogen and oxygen atoms in total. The van der Waals surface area contributed by atoms with Gasteiger partial charge in [0, 0.05) is 47.4 Å². The van der Waals surface area contributed by atoms with Crippen LogP contribution in [0.5, 0.6) is 0 Å². The molecule has 0 N–H and O–H groups in total. The molecule has 0 saturated carbocycles. The van der Waals surface area contributed by atoms with Gasteiger partial charge in [-0.3, -0.25) is 9.97 Å². The topological polar surface area (TPSA) is 104 Å². The Morgan fingerprint density at radius 2 is 0.938 bits per heavy atom. The second-order valence-corrected chi connectivity index (χ2v) is 8.47. The first-order chi connectivity index (χ1) is 15.8. The van der Waals surface area contributed by atoms with Crippen molar-refractivity contribution in [3.8, 4) is 22.9 Å². The molecule has 10 heteroatoms. The number of benzene rings is 1. The largest absolute Gasteiger partial charge is 0.411 e. The third-order valence-corrected chi connectivity index (χ3v) is 6.19. The van der Waals surface area contributed by atoms with Crippen LogP contribution in [-0.4, -0.2) is 30.4 Å². The zero-order valence-electron chi connectivity index (χ0n) is 16.7. The van der Waals surface area contributed by atoms with Gasteiger partial charge in [0.1, 0.15) is 0 Å². The average molecular weight is 461 g/mol. The van der Waals surface area contributed by atoms with E-state index in [2.05, 4.69) is 54.6 Å². The van der Waals surface area contributed by atoms with E-state index in [9.17, 15) is 0 Å². The Morgan fingerprint density at radius 3 is 1.34 bits per heavy atom. The summed E-state index contributed by atoms with van der Waals surface area (Å²) in [7, 11) is 0. The summed E-state index contributed by atoms with van der Waals surface area (Å²) in [5, 5.41) is 17.5. The van der Waals surface area contributed by atoms with Gasteiger partial charge in [0.25, 0.3) is 10.4 Å². The summed E-state index contributed by atoms with van der Waals surface area (Å²) in [5.41, 5.74) is 4.06. The van der Waals surface area contributed by atoms with Gasteiger partial charge in [0.15, 0.2) is 0 Å². The first-order valence-electron chi connectivity index (χ1n) is 9.65. The minimum atomic E-state index is 0.496. The molecule has 5 rings (SSSR count). The molecule has 0 aliphatic rings. The number of pyridine rings is 2. The van der Waals surface area contributed by atoms with E-state index in [0.717, 1.165) is 22.6 Å². The van der Waals surface area contributed by atoms with Gasteiger partial charge in [-0.2, -0.15) is 0 Å². The van der Waals surface area contributed by atoms with E-state index >= 15 is 0 Å². The van der Waals surface area contributed by atoms with Crippen LogP contribution in [0.4, 0.5) is 0 Å². The van der Waals surface area contributed by atoms with Crippen molar-refractivity contribution < 1.29 is 8.83 Å². The van der Waals surface area contributed by atoms with Gasteiger partial charge in [-0.15, -0.1) is 20.4 Å². The standard InChI is InChI=1S/C22H16N6O2S2/c1-2-16(14-32-22-28-26-20(30-22)18-7-11-24-12-8-18)4-3-15(1)13-31-21-27-25-19(29-21)17-5-9-23-10-6-17/h1-12H,13-14H2. The maximum absolute atomic E-state index is 5.72. The highest BCUT2D eigenvalue weighted by Gasteiger charge is 2.10. The number of rotatable bonds is 8. The molecule has 1 aromatic carbocycles. The fraction of sp³-hybridized carbons (Fsp3) is 0.0909. The Kier molecular flexibility index (Phi) is 6.22. The van der Waals surface area contributed by atoms with Crippen molar-refractivity contribution in [2.24, 2.45) is 0 Å². The molecule has 32 heavy (non-hydrogen) atoms. The van der Waals surface area contributed by atoms with Crippen molar-refractivity contribution in [3.05, 3.63) is 84.4 Å². The fourth-order valence-corrected chi connectivity index (χ4v) is 4.22. The molecular formula is C22H16N6O2S2. The van der Waals surface area contributed by atoms with Crippen molar-refractivity contribution in [3.63, 3.8) is 0 Å². The highest BCUT2D eigenvalue weighted by molar-refractivity contribution is 7.98. The van der Waals surface area contributed by atoms with Crippen LogP contribution in [0.1, 0.15) is 11.1 Å². The van der Waals surface area contributed by atoms with E-state index in [1.165, 1.54) is 34.7 Å². The van der Waals surface area contributed by atoms with Crippen LogP contribution in [0, 0.1) is 0 Å². The molecule has 158 valence electrons. The third-order valence-electron chi connectivity index (χ3n) is 4.42. The summed E-state index contributed by atoms with van der Waals surface area (Å²) in [6.45, 7) is 0. The molecule has 0 spiro atoms. The lowest BCUT2D eigenvalue weighted by Crippen LogP contribution is -1.85. The van der Waals surface area contributed by atoms with Gasteiger partial charge < -0.3 is 8.83 Å². The van der Waals surface area contributed by atoms with Crippen molar-refractivity contribution >= 4 is 23.5 Å². The maximum Gasteiger partial charge on any atom is 0.277 e. The lowest BCUT2D eigenvalue weighted by molar-refractivity contribution is 0.465. The number of nitrogens with zero attached hydrogens (tertiary/aromatic N) is 6. The molecule has 5 aromatic rings. The van der Waals surface area contributed by atoms with Gasteiger partial charge in [0.05, 0.1) is 0 Å². The van der Waals surface area contributed by atoms with Crippen LogP contribution in [-0.2, 0) is 11.5 Å². The molecule has 0 unspecified atom stereocenters. The first-order valence-corrected chi connectivity index (χ1v) is 11.6. The van der Waals surface area contributed by atoms with Crippen LogP contribution < -0.4 is 0 Å². The minimum absolute atomic E-state index is 0.496. The molecule has 0 saturated heterocycles. The molecule has 4 aromatic heterocycles. The van der Waals surface area contributed by atoms with E-state index in [0.29, 0.717) is 22.2 Å². The fourth-order valence-electron chi connectivity index (χ4n) is 2.78. The smallest absolute Gasteiger partial charge is 0.277 e. The summed E-state index contributed by atoms with van der Waals surface area (Å²) in [4.78, 5) is 7.99. The maximum atomic E-state index is 5.72.